The molecule has 0 saturated carbocycles. The van der Waals surface area contributed by atoms with Gasteiger partial charge in [0.15, 0.2) is 0 Å². The molecule has 0 bridgehead atoms. The van der Waals surface area contributed by atoms with Crippen LogP contribution in [0.2, 0.25) is 0 Å². The first-order valence-corrected chi connectivity index (χ1v) is 9.52. The summed E-state index contributed by atoms with van der Waals surface area (Å²) in [5, 5.41) is 0. The van der Waals surface area contributed by atoms with Crippen LogP contribution in [0, 0.1) is 6.92 Å². The molecule has 2 heterocycles. The Bertz CT molecular complexity index is 962. The lowest BCUT2D eigenvalue weighted by Crippen LogP contribution is -2.57. The zero-order valence-corrected chi connectivity index (χ0v) is 16.7. The Kier molecular flexibility index (Phi) is 6.00. The van der Waals surface area contributed by atoms with E-state index in [1.807, 2.05) is 13.0 Å². The molecule has 1 atom stereocenters. The highest BCUT2D eigenvalue weighted by Gasteiger charge is 2.39. The number of benzene rings is 1. The molecule has 2 N–H and O–H groups in total. The van der Waals surface area contributed by atoms with Gasteiger partial charge < -0.3 is 15.5 Å². The summed E-state index contributed by atoms with van der Waals surface area (Å²) in [6, 6.07) is 7.45. The Balaban J connectivity index is 1.88. The van der Waals surface area contributed by atoms with Gasteiger partial charge in [0.2, 0.25) is 5.91 Å². The fourth-order valence-corrected chi connectivity index (χ4v) is 3.48. The molecule has 0 radical (unpaired) electrons. The molecule has 0 aliphatic carbocycles. The minimum absolute atomic E-state index is 0.177. The number of nitrogens with zero attached hydrogens (tertiary/aromatic N) is 3. The Morgan fingerprint density at radius 1 is 1.23 bits per heavy atom. The summed E-state index contributed by atoms with van der Waals surface area (Å²) in [5.41, 5.74) is 8.34. The second kappa shape index (κ2) is 8.33. The topological polar surface area (TPSA) is 79.5 Å². The molecule has 2 amide bonds. The number of amides is 2. The molecule has 30 heavy (non-hydrogen) atoms. The lowest BCUT2D eigenvalue weighted by Gasteiger charge is -2.39. The van der Waals surface area contributed by atoms with Crippen LogP contribution in [0.1, 0.15) is 28.8 Å². The molecule has 6 nitrogen and oxygen atoms in total. The minimum Gasteiger partial charge on any atom is -0.383 e. The Labute approximate surface area is 172 Å². The molecule has 0 spiro atoms. The van der Waals surface area contributed by atoms with E-state index >= 15 is 0 Å². The van der Waals surface area contributed by atoms with E-state index in [1.165, 1.54) is 16.8 Å². The first-order valence-electron chi connectivity index (χ1n) is 9.52. The first-order chi connectivity index (χ1) is 14.1. The van der Waals surface area contributed by atoms with Crippen molar-refractivity contribution in [2.75, 3.05) is 25.9 Å². The highest BCUT2D eigenvalue weighted by molar-refractivity contribution is 5.99. The minimum atomic E-state index is -4.40. The van der Waals surface area contributed by atoms with Crippen molar-refractivity contribution in [1.29, 1.82) is 0 Å². The largest absolute Gasteiger partial charge is 0.389 e. The van der Waals surface area contributed by atoms with E-state index in [-0.39, 0.29) is 13.1 Å². The van der Waals surface area contributed by atoms with Crippen LogP contribution in [0.15, 0.2) is 36.5 Å². The summed E-state index contributed by atoms with van der Waals surface area (Å²) < 4.78 is 38.2. The SMILES string of the molecule is Cc1cc(-c2cccc(C(=O)N3CCN(C)C(=O)C3CCC(F)(F)F)c2)cnc1N. The Hall–Kier alpha value is -3.10. The van der Waals surface area contributed by atoms with Gasteiger partial charge in [0.25, 0.3) is 5.91 Å². The summed E-state index contributed by atoms with van der Waals surface area (Å²) in [6.07, 6.45) is -4.39. The molecule has 1 aliphatic rings. The van der Waals surface area contributed by atoms with E-state index in [4.69, 9.17) is 5.73 Å². The van der Waals surface area contributed by atoms with Crippen LogP contribution in [0.4, 0.5) is 19.0 Å². The number of halogens is 3. The number of aromatic nitrogens is 1. The second-order valence-corrected chi connectivity index (χ2v) is 7.43. The zero-order chi connectivity index (χ0) is 22.1. The van der Waals surface area contributed by atoms with E-state index in [0.29, 0.717) is 11.4 Å². The third-order valence-electron chi connectivity index (χ3n) is 5.24. The Morgan fingerprint density at radius 3 is 2.63 bits per heavy atom. The molecule has 1 saturated heterocycles. The fraction of sp³-hybridized carbons (Fsp3) is 0.381. The maximum atomic E-state index is 13.1. The van der Waals surface area contributed by atoms with Crippen molar-refractivity contribution in [2.45, 2.75) is 32.0 Å². The second-order valence-electron chi connectivity index (χ2n) is 7.43. The molecule has 160 valence electrons. The van der Waals surface area contributed by atoms with Crippen molar-refractivity contribution in [3.05, 3.63) is 47.7 Å². The van der Waals surface area contributed by atoms with E-state index in [0.717, 1.165) is 16.7 Å². The number of pyridine rings is 1. The van der Waals surface area contributed by atoms with Gasteiger partial charge in [-0.25, -0.2) is 4.98 Å². The van der Waals surface area contributed by atoms with Crippen LogP contribution >= 0.6 is 0 Å². The van der Waals surface area contributed by atoms with Crippen molar-refractivity contribution in [2.24, 2.45) is 0 Å². The summed E-state index contributed by atoms with van der Waals surface area (Å²) in [7, 11) is 1.53. The molecular formula is C21H23F3N4O2. The van der Waals surface area contributed by atoms with Crippen molar-refractivity contribution in [3.63, 3.8) is 0 Å². The molecule has 1 aromatic heterocycles. The van der Waals surface area contributed by atoms with Crippen molar-refractivity contribution in [3.8, 4) is 11.1 Å². The number of anilines is 1. The molecule has 1 fully saturated rings. The van der Waals surface area contributed by atoms with E-state index in [1.54, 1.807) is 30.5 Å². The van der Waals surface area contributed by atoms with Crippen molar-refractivity contribution in [1.82, 2.24) is 14.8 Å². The average molecular weight is 420 g/mol. The summed E-state index contributed by atoms with van der Waals surface area (Å²) >= 11 is 0. The monoisotopic (exact) mass is 420 g/mol. The van der Waals surface area contributed by atoms with Crippen LogP contribution in [0.25, 0.3) is 11.1 Å². The molecule has 9 heteroatoms. The number of alkyl halides is 3. The number of aryl methyl sites for hydroxylation is 1. The zero-order valence-electron chi connectivity index (χ0n) is 16.7. The summed E-state index contributed by atoms with van der Waals surface area (Å²) in [6.45, 7) is 2.27. The number of rotatable bonds is 4. The van der Waals surface area contributed by atoms with Crippen LogP contribution in [0.3, 0.4) is 0 Å². The number of hydrogen-bond donors (Lipinski definition) is 1. The molecule has 1 aromatic carbocycles. The van der Waals surface area contributed by atoms with Crippen LogP contribution in [-0.2, 0) is 4.79 Å². The van der Waals surface area contributed by atoms with Gasteiger partial charge in [-0.3, -0.25) is 9.59 Å². The maximum absolute atomic E-state index is 13.1. The number of carbonyl (C=O) groups excluding carboxylic acids is 2. The number of likely N-dealkylation sites (N-methyl/N-ethyl adjacent to an activating group) is 1. The lowest BCUT2D eigenvalue weighted by atomic mass is 10.0. The third kappa shape index (κ3) is 4.72. The predicted molar refractivity (Wildman–Crippen MR) is 107 cm³/mol. The normalized spacial score (nSPS) is 17.4. The van der Waals surface area contributed by atoms with Crippen LogP contribution in [-0.4, -0.2) is 59.0 Å². The number of carbonyl (C=O) groups is 2. The van der Waals surface area contributed by atoms with Gasteiger partial charge in [-0.15, -0.1) is 0 Å². The standard InChI is InChI=1S/C21H23F3N4O2/c1-13-10-16(12-26-18(13)25)14-4-3-5-15(11-14)19(29)28-9-8-27(2)20(30)17(28)6-7-21(22,23)24/h3-5,10-12,17H,6-9H2,1-2H3,(H2,25,26). The van der Waals surface area contributed by atoms with Gasteiger partial charge in [-0.1, -0.05) is 12.1 Å². The quantitative estimate of drug-likeness (QED) is 0.824. The van der Waals surface area contributed by atoms with E-state index in [2.05, 4.69) is 4.98 Å². The maximum Gasteiger partial charge on any atom is 0.389 e. The summed E-state index contributed by atoms with van der Waals surface area (Å²) in [4.78, 5) is 32.4. The number of nitrogens with two attached hydrogens (primary N) is 1. The van der Waals surface area contributed by atoms with Gasteiger partial charge in [-0.05, 0) is 42.7 Å². The van der Waals surface area contributed by atoms with Gasteiger partial charge in [0.1, 0.15) is 11.9 Å². The molecule has 3 rings (SSSR count). The highest BCUT2D eigenvalue weighted by Crippen LogP contribution is 2.28. The van der Waals surface area contributed by atoms with Crippen LogP contribution in [0.5, 0.6) is 0 Å². The van der Waals surface area contributed by atoms with Crippen LogP contribution < -0.4 is 5.73 Å². The fourth-order valence-electron chi connectivity index (χ4n) is 3.48. The molecule has 1 aliphatic heterocycles. The summed E-state index contributed by atoms with van der Waals surface area (Å²) in [5.74, 6) is -0.534. The highest BCUT2D eigenvalue weighted by atomic mass is 19.4. The number of nitrogen functional groups attached to an aromatic ring is 1. The smallest absolute Gasteiger partial charge is 0.383 e. The van der Waals surface area contributed by atoms with E-state index < -0.39 is 36.9 Å². The lowest BCUT2D eigenvalue weighted by molar-refractivity contribution is -0.148. The number of hydrogen-bond acceptors (Lipinski definition) is 4. The molecular weight excluding hydrogens is 397 g/mol. The third-order valence-corrected chi connectivity index (χ3v) is 5.24. The van der Waals surface area contributed by atoms with Crippen molar-refractivity contribution >= 4 is 17.6 Å². The van der Waals surface area contributed by atoms with Gasteiger partial charge in [0.05, 0.1) is 0 Å². The predicted octanol–water partition coefficient (Wildman–Crippen LogP) is 3.26. The average Bonchev–Trinajstić information content (AvgIpc) is 2.70. The van der Waals surface area contributed by atoms with Gasteiger partial charge >= 0.3 is 6.18 Å². The molecule has 1 unspecified atom stereocenters. The van der Waals surface area contributed by atoms with E-state index in [9.17, 15) is 22.8 Å². The van der Waals surface area contributed by atoms with Gasteiger partial charge in [0, 0.05) is 43.9 Å². The molecule has 2 aromatic rings. The Morgan fingerprint density at radius 2 is 1.97 bits per heavy atom. The van der Waals surface area contributed by atoms with Crippen molar-refractivity contribution < 1.29 is 22.8 Å². The van der Waals surface area contributed by atoms with Gasteiger partial charge in [-0.2, -0.15) is 13.2 Å². The number of piperazine rings is 1. The first kappa shape index (κ1) is 21.6.